The Morgan fingerprint density at radius 3 is 2.61 bits per heavy atom. The van der Waals surface area contributed by atoms with E-state index in [0.717, 1.165) is 24.1 Å². The molecular weight excluding hydrogens is 226 g/mol. The molecule has 0 spiro atoms. The maximum atomic E-state index is 8.77. The molecule has 4 N–H and O–H groups in total. The first-order valence-corrected chi connectivity index (χ1v) is 6.39. The van der Waals surface area contributed by atoms with E-state index in [0.29, 0.717) is 12.0 Å². The van der Waals surface area contributed by atoms with Crippen LogP contribution in [0.4, 0.5) is 0 Å². The molecule has 0 bridgehead atoms. The van der Waals surface area contributed by atoms with Gasteiger partial charge in [-0.25, -0.2) is 0 Å². The van der Waals surface area contributed by atoms with Gasteiger partial charge >= 0.3 is 0 Å². The topological polar surface area (TPSA) is 70.6 Å². The van der Waals surface area contributed by atoms with E-state index >= 15 is 0 Å². The molecule has 0 fully saturated rings. The summed E-state index contributed by atoms with van der Waals surface area (Å²) in [5, 5.41) is 15.3. The minimum atomic E-state index is 0.157. The van der Waals surface area contributed by atoms with Crippen molar-refractivity contribution in [2.45, 2.75) is 39.8 Å². The summed E-state index contributed by atoms with van der Waals surface area (Å²) in [6, 6.07) is 8.18. The van der Waals surface area contributed by atoms with Gasteiger partial charge in [-0.15, -0.1) is 0 Å². The van der Waals surface area contributed by atoms with Crippen LogP contribution < -0.4 is 11.1 Å². The smallest absolute Gasteiger partial charge is 0.170 e. The zero-order chi connectivity index (χ0) is 13.5. The van der Waals surface area contributed by atoms with Crippen molar-refractivity contribution in [2.24, 2.45) is 16.8 Å². The first kappa shape index (κ1) is 14.5. The molecule has 0 aliphatic carbocycles. The highest BCUT2D eigenvalue weighted by atomic mass is 16.4. The van der Waals surface area contributed by atoms with E-state index in [-0.39, 0.29) is 5.84 Å². The Labute approximate surface area is 109 Å². The van der Waals surface area contributed by atoms with Gasteiger partial charge in [0.15, 0.2) is 5.84 Å². The van der Waals surface area contributed by atoms with E-state index in [2.05, 4.69) is 31.2 Å². The van der Waals surface area contributed by atoms with E-state index in [1.165, 1.54) is 0 Å². The average molecular weight is 249 g/mol. The van der Waals surface area contributed by atoms with Crippen LogP contribution in [-0.4, -0.2) is 17.1 Å². The van der Waals surface area contributed by atoms with Gasteiger partial charge in [0.05, 0.1) is 0 Å². The zero-order valence-electron chi connectivity index (χ0n) is 11.4. The second-order valence-corrected chi connectivity index (χ2v) is 4.78. The summed E-state index contributed by atoms with van der Waals surface area (Å²) in [4.78, 5) is 0. The summed E-state index contributed by atoms with van der Waals surface area (Å²) >= 11 is 0. The summed E-state index contributed by atoms with van der Waals surface area (Å²) in [5.41, 5.74) is 7.50. The van der Waals surface area contributed by atoms with E-state index in [1.54, 1.807) is 0 Å². The van der Waals surface area contributed by atoms with Crippen LogP contribution in [0.1, 0.15) is 38.3 Å². The molecule has 0 heterocycles. The lowest BCUT2D eigenvalue weighted by Crippen LogP contribution is -2.33. The van der Waals surface area contributed by atoms with Crippen molar-refractivity contribution in [3.63, 3.8) is 0 Å². The first-order valence-electron chi connectivity index (χ1n) is 6.39. The van der Waals surface area contributed by atoms with Crippen LogP contribution in [0.5, 0.6) is 0 Å². The van der Waals surface area contributed by atoms with Crippen molar-refractivity contribution >= 4 is 5.84 Å². The van der Waals surface area contributed by atoms with Gasteiger partial charge in [0.1, 0.15) is 0 Å². The molecule has 0 aromatic heterocycles. The highest BCUT2D eigenvalue weighted by Gasteiger charge is 2.12. The molecule has 18 heavy (non-hydrogen) atoms. The van der Waals surface area contributed by atoms with Crippen LogP contribution in [-0.2, 0) is 6.54 Å². The molecule has 100 valence electrons. The molecule has 4 heteroatoms. The number of amidine groups is 1. The molecule has 1 rings (SSSR count). The van der Waals surface area contributed by atoms with Crippen LogP contribution in [0.25, 0.3) is 0 Å². The Morgan fingerprint density at radius 2 is 2.06 bits per heavy atom. The number of nitrogens with one attached hydrogen (secondary N) is 1. The van der Waals surface area contributed by atoms with Gasteiger partial charge in [0.2, 0.25) is 0 Å². The number of nitrogens with two attached hydrogens (primary N) is 1. The first-order chi connectivity index (χ1) is 8.60. The molecular formula is C14H23N3O. The Hall–Kier alpha value is -1.55. The summed E-state index contributed by atoms with van der Waals surface area (Å²) < 4.78 is 0. The summed E-state index contributed by atoms with van der Waals surface area (Å²) in [6.07, 6.45) is 1.09. The average Bonchev–Trinajstić information content (AvgIpc) is 2.38. The molecule has 0 aliphatic rings. The number of benzene rings is 1. The van der Waals surface area contributed by atoms with Gasteiger partial charge < -0.3 is 16.3 Å². The largest absolute Gasteiger partial charge is 0.409 e. The molecule has 1 unspecified atom stereocenters. The Bertz CT molecular complexity index is 402. The van der Waals surface area contributed by atoms with Gasteiger partial charge in [0.25, 0.3) is 0 Å². The van der Waals surface area contributed by atoms with Gasteiger partial charge in [-0.2, -0.15) is 0 Å². The maximum absolute atomic E-state index is 8.77. The van der Waals surface area contributed by atoms with Gasteiger partial charge in [0, 0.05) is 18.2 Å². The van der Waals surface area contributed by atoms with Crippen molar-refractivity contribution in [3.8, 4) is 0 Å². The van der Waals surface area contributed by atoms with Gasteiger partial charge in [-0.1, -0.05) is 50.2 Å². The fourth-order valence-corrected chi connectivity index (χ4v) is 2.07. The molecule has 4 nitrogen and oxygen atoms in total. The van der Waals surface area contributed by atoms with Crippen LogP contribution in [0.2, 0.25) is 0 Å². The maximum Gasteiger partial charge on any atom is 0.170 e. The molecule has 1 aromatic rings. The number of rotatable bonds is 6. The highest BCUT2D eigenvalue weighted by Crippen LogP contribution is 2.11. The van der Waals surface area contributed by atoms with Crippen LogP contribution in [0.3, 0.4) is 0 Å². The van der Waals surface area contributed by atoms with E-state index in [4.69, 9.17) is 10.9 Å². The predicted octanol–water partition coefficient (Wildman–Crippen LogP) is 2.31. The second-order valence-electron chi connectivity index (χ2n) is 4.78. The fraction of sp³-hybridized carbons (Fsp3) is 0.500. The number of hydrogen-bond donors (Lipinski definition) is 3. The standard InChI is InChI=1S/C14H23N3O/c1-4-13(10(2)3)16-9-11-7-5-6-8-12(11)14(15)17-18/h5-8,10,13,16,18H,4,9H2,1-3H3,(H2,15,17). The lowest BCUT2D eigenvalue weighted by molar-refractivity contribution is 0.318. The van der Waals surface area contributed by atoms with Crippen LogP contribution in [0, 0.1) is 5.92 Å². The Kier molecular flexibility index (Phi) is 5.65. The Morgan fingerprint density at radius 1 is 1.39 bits per heavy atom. The van der Waals surface area contributed by atoms with Crippen LogP contribution in [0.15, 0.2) is 29.4 Å². The molecule has 0 amide bonds. The molecule has 1 aromatic carbocycles. The quantitative estimate of drug-likeness (QED) is 0.313. The summed E-state index contributed by atoms with van der Waals surface area (Å²) in [7, 11) is 0. The molecule has 0 radical (unpaired) electrons. The van der Waals surface area contributed by atoms with Crippen molar-refractivity contribution in [1.82, 2.24) is 5.32 Å². The van der Waals surface area contributed by atoms with E-state index in [9.17, 15) is 0 Å². The number of hydrogen-bond acceptors (Lipinski definition) is 3. The predicted molar refractivity (Wildman–Crippen MR) is 74.7 cm³/mol. The Balaban J connectivity index is 2.79. The van der Waals surface area contributed by atoms with E-state index < -0.39 is 0 Å². The minimum Gasteiger partial charge on any atom is -0.409 e. The van der Waals surface area contributed by atoms with E-state index in [1.807, 2.05) is 24.3 Å². The fourth-order valence-electron chi connectivity index (χ4n) is 2.07. The lowest BCUT2D eigenvalue weighted by Gasteiger charge is -2.21. The monoisotopic (exact) mass is 249 g/mol. The lowest BCUT2D eigenvalue weighted by atomic mass is 10.0. The van der Waals surface area contributed by atoms with Gasteiger partial charge in [-0.3, -0.25) is 0 Å². The van der Waals surface area contributed by atoms with Crippen molar-refractivity contribution in [2.75, 3.05) is 0 Å². The summed E-state index contributed by atoms with van der Waals surface area (Å²) in [5.74, 6) is 0.746. The normalized spacial score (nSPS) is 13.9. The third kappa shape index (κ3) is 3.74. The molecule has 0 saturated heterocycles. The van der Waals surface area contributed by atoms with Crippen molar-refractivity contribution < 1.29 is 5.21 Å². The minimum absolute atomic E-state index is 0.157. The summed E-state index contributed by atoms with van der Waals surface area (Å²) in [6.45, 7) is 7.31. The second kappa shape index (κ2) is 7.01. The molecule has 0 aliphatic heterocycles. The third-order valence-electron chi connectivity index (χ3n) is 3.20. The molecule has 1 atom stereocenters. The zero-order valence-corrected chi connectivity index (χ0v) is 11.4. The number of nitrogens with zero attached hydrogens (tertiary/aromatic N) is 1. The third-order valence-corrected chi connectivity index (χ3v) is 3.20. The van der Waals surface area contributed by atoms with Crippen molar-refractivity contribution in [1.29, 1.82) is 0 Å². The van der Waals surface area contributed by atoms with Crippen molar-refractivity contribution in [3.05, 3.63) is 35.4 Å². The highest BCUT2D eigenvalue weighted by molar-refractivity contribution is 5.98. The number of oxime groups is 1. The van der Waals surface area contributed by atoms with Crippen LogP contribution >= 0.6 is 0 Å². The molecule has 0 saturated carbocycles. The van der Waals surface area contributed by atoms with Gasteiger partial charge in [-0.05, 0) is 17.9 Å². The SMILES string of the molecule is CCC(NCc1ccccc1C(N)=NO)C(C)C.